The Morgan fingerprint density at radius 3 is 2.54 bits per heavy atom. The first kappa shape index (κ1) is 16.5. The first-order chi connectivity index (χ1) is 11.4. The molecular weight excluding hydrogens is 326 g/mol. The van der Waals surface area contributed by atoms with Crippen LogP contribution in [0, 0.1) is 0 Å². The number of amides is 1. The van der Waals surface area contributed by atoms with E-state index in [1.54, 1.807) is 24.3 Å². The number of para-hydroxylation sites is 1. The molecule has 1 N–H and O–H groups in total. The number of rotatable bonds is 5. The monoisotopic (exact) mass is 345 g/mol. The minimum atomic E-state index is -3.07. The number of benzene rings is 2. The van der Waals surface area contributed by atoms with E-state index in [9.17, 15) is 13.2 Å². The highest BCUT2D eigenvalue weighted by molar-refractivity contribution is 7.89. The fourth-order valence-electron chi connectivity index (χ4n) is 2.73. The lowest BCUT2D eigenvalue weighted by atomic mass is 10.1. The minimum absolute atomic E-state index is 0.0247. The fraction of sp³-hybridized carbons (Fsp3) is 0.278. The molecule has 1 aliphatic rings. The van der Waals surface area contributed by atoms with Gasteiger partial charge in [0.05, 0.1) is 12.3 Å². The molecule has 0 aromatic heterocycles. The van der Waals surface area contributed by atoms with Crippen molar-refractivity contribution in [2.24, 2.45) is 0 Å². The van der Waals surface area contributed by atoms with E-state index in [1.165, 1.54) is 6.26 Å². The quantitative estimate of drug-likeness (QED) is 0.899. The molecule has 0 spiro atoms. The second-order valence-corrected chi connectivity index (χ2v) is 8.17. The molecule has 24 heavy (non-hydrogen) atoms. The summed E-state index contributed by atoms with van der Waals surface area (Å²) in [5.41, 5.74) is 2.33. The molecule has 3 rings (SSSR count). The topological polar surface area (TPSA) is 72.5 Å². The van der Waals surface area contributed by atoms with Crippen molar-refractivity contribution in [1.29, 1.82) is 0 Å². The molecule has 2 aromatic carbocycles. The summed E-state index contributed by atoms with van der Waals surface area (Å²) in [6.45, 7) is 0.429. The first-order valence-corrected chi connectivity index (χ1v) is 9.76. The summed E-state index contributed by atoms with van der Waals surface area (Å²) in [5.74, 6) is 0.658. The predicted octanol–water partition coefficient (Wildman–Crippen LogP) is 1.96. The number of nitrogens with one attached hydrogen (secondary N) is 1. The van der Waals surface area contributed by atoms with Gasteiger partial charge in [-0.15, -0.1) is 0 Å². The van der Waals surface area contributed by atoms with Gasteiger partial charge >= 0.3 is 0 Å². The van der Waals surface area contributed by atoms with Crippen molar-refractivity contribution in [1.82, 2.24) is 5.32 Å². The highest BCUT2D eigenvalue weighted by atomic mass is 32.2. The van der Waals surface area contributed by atoms with Gasteiger partial charge < -0.3 is 10.1 Å². The number of ether oxygens (including phenoxy) is 1. The molecule has 2 aromatic rings. The lowest BCUT2D eigenvalue weighted by Crippen LogP contribution is -2.34. The van der Waals surface area contributed by atoms with Crippen LogP contribution in [0.4, 0.5) is 0 Å². The molecule has 126 valence electrons. The second kappa shape index (κ2) is 6.65. The van der Waals surface area contributed by atoms with E-state index in [1.807, 2.05) is 24.3 Å². The summed E-state index contributed by atoms with van der Waals surface area (Å²) in [7, 11) is -3.07. The van der Waals surface area contributed by atoms with Gasteiger partial charge in [0.25, 0.3) is 5.91 Å². The Hall–Kier alpha value is -2.34. The zero-order valence-electron chi connectivity index (χ0n) is 13.4. The Labute approximate surface area is 141 Å². The van der Waals surface area contributed by atoms with E-state index in [0.29, 0.717) is 17.7 Å². The molecule has 5 nitrogen and oxygen atoms in total. The van der Waals surface area contributed by atoms with Gasteiger partial charge in [-0.3, -0.25) is 4.79 Å². The Morgan fingerprint density at radius 1 is 1.17 bits per heavy atom. The van der Waals surface area contributed by atoms with Gasteiger partial charge in [0.2, 0.25) is 0 Å². The van der Waals surface area contributed by atoms with Crippen LogP contribution in [0.5, 0.6) is 5.75 Å². The van der Waals surface area contributed by atoms with Crippen LogP contribution < -0.4 is 10.1 Å². The maximum Gasteiger partial charge on any atom is 0.251 e. The Balaban J connectivity index is 1.54. The predicted molar refractivity (Wildman–Crippen MR) is 91.9 cm³/mol. The zero-order valence-corrected chi connectivity index (χ0v) is 14.2. The molecule has 1 amide bonds. The smallest absolute Gasteiger partial charge is 0.251 e. The number of carbonyl (C=O) groups is 1. The Bertz CT molecular complexity index is 819. The minimum Gasteiger partial charge on any atom is -0.488 e. The average molecular weight is 345 g/mol. The van der Waals surface area contributed by atoms with Crippen molar-refractivity contribution in [2.45, 2.75) is 18.3 Å². The molecular formula is C18H19NO4S. The standard InChI is InChI=1S/C18H19NO4S/c1-24(21,22)12-13-6-8-14(9-7-13)18(20)19-11-16-10-15-4-2-3-5-17(15)23-16/h2-9,16H,10-12H2,1H3,(H,19,20)/t16-/m1/s1. The molecule has 0 unspecified atom stereocenters. The van der Waals surface area contributed by atoms with Crippen molar-refractivity contribution in [3.63, 3.8) is 0 Å². The summed E-state index contributed by atoms with van der Waals surface area (Å²) >= 11 is 0. The maximum absolute atomic E-state index is 12.2. The van der Waals surface area contributed by atoms with Gasteiger partial charge in [0.1, 0.15) is 11.9 Å². The lowest BCUT2D eigenvalue weighted by molar-refractivity contribution is 0.0933. The maximum atomic E-state index is 12.2. The summed E-state index contributed by atoms with van der Waals surface area (Å²) < 4.78 is 28.3. The molecule has 0 radical (unpaired) electrons. The number of hydrogen-bond donors (Lipinski definition) is 1. The SMILES string of the molecule is CS(=O)(=O)Cc1ccc(C(=O)NC[C@H]2Cc3ccccc3O2)cc1. The molecule has 6 heteroatoms. The van der Waals surface area contributed by atoms with Crippen LogP contribution in [0.3, 0.4) is 0 Å². The molecule has 1 heterocycles. The largest absolute Gasteiger partial charge is 0.488 e. The number of carbonyl (C=O) groups excluding carboxylic acids is 1. The van der Waals surface area contributed by atoms with Crippen molar-refractivity contribution in [3.05, 3.63) is 65.2 Å². The average Bonchev–Trinajstić information content (AvgIpc) is 2.94. The van der Waals surface area contributed by atoms with Crippen molar-refractivity contribution >= 4 is 15.7 Å². The van der Waals surface area contributed by atoms with Gasteiger partial charge in [0.15, 0.2) is 9.84 Å². The number of hydrogen-bond acceptors (Lipinski definition) is 4. The van der Waals surface area contributed by atoms with Crippen LogP contribution in [0.2, 0.25) is 0 Å². The number of sulfone groups is 1. The van der Waals surface area contributed by atoms with Crippen LogP contribution in [0.15, 0.2) is 48.5 Å². The molecule has 0 bridgehead atoms. The van der Waals surface area contributed by atoms with Crippen LogP contribution in [-0.4, -0.2) is 33.2 Å². The van der Waals surface area contributed by atoms with E-state index >= 15 is 0 Å². The molecule has 1 atom stereocenters. The molecule has 0 aliphatic carbocycles. The third-order valence-electron chi connectivity index (χ3n) is 3.85. The zero-order chi connectivity index (χ0) is 17.2. The molecule has 0 saturated carbocycles. The molecule has 0 fully saturated rings. The second-order valence-electron chi connectivity index (χ2n) is 6.03. The van der Waals surface area contributed by atoms with Gasteiger partial charge in [-0.05, 0) is 29.3 Å². The Morgan fingerprint density at radius 2 is 1.88 bits per heavy atom. The van der Waals surface area contributed by atoms with Gasteiger partial charge in [-0.2, -0.15) is 0 Å². The summed E-state index contributed by atoms with van der Waals surface area (Å²) in [6, 6.07) is 14.5. The van der Waals surface area contributed by atoms with Crippen LogP contribution in [0.25, 0.3) is 0 Å². The van der Waals surface area contributed by atoms with Crippen molar-refractivity contribution < 1.29 is 17.9 Å². The molecule has 0 saturated heterocycles. The van der Waals surface area contributed by atoms with Crippen molar-refractivity contribution in [2.75, 3.05) is 12.8 Å². The van der Waals surface area contributed by atoms with E-state index < -0.39 is 9.84 Å². The summed E-state index contributed by atoms with van der Waals surface area (Å²) in [5, 5.41) is 2.86. The third-order valence-corrected chi connectivity index (χ3v) is 4.71. The van der Waals surface area contributed by atoms with Crippen molar-refractivity contribution in [3.8, 4) is 5.75 Å². The summed E-state index contributed by atoms with van der Waals surface area (Å²) in [4.78, 5) is 12.2. The number of fused-ring (bicyclic) bond motifs is 1. The van der Waals surface area contributed by atoms with E-state index in [0.717, 1.165) is 17.7 Å². The normalized spacial score (nSPS) is 16.3. The van der Waals surface area contributed by atoms with Gasteiger partial charge in [-0.25, -0.2) is 8.42 Å². The first-order valence-electron chi connectivity index (χ1n) is 7.70. The Kier molecular flexibility index (Phi) is 4.57. The summed E-state index contributed by atoms with van der Waals surface area (Å²) in [6.07, 6.45) is 1.91. The van der Waals surface area contributed by atoms with E-state index in [-0.39, 0.29) is 17.8 Å². The van der Waals surface area contributed by atoms with Crippen LogP contribution >= 0.6 is 0 Å². The molecule has 1 aliphatic heterocycles. The highest BCUT2D eigenvalue weighted by Gasteiger charge is 2.22. The van der Waals surface area contributed by atoms with E-state index in [4.69, 9.17) is 4.74 Å². The fourth-order valence-corrected chi connectivity index (χ4v) is 3.53. The van der Waals surface area contributed by atoms with E-state index in [2.05, 4.69) is 5.32 Å². The third kappa shape index (κ3) is 4.14. The van der Waals surface area contributed by atoms with Crippen LogP contribution in [0.1, 0.15) is 21.5 Å². The van der Waals surface area contributed by atoms with Gasteiger partial charge in [-0.1, -0.05) is 30.3 Å². The highest BCUT2D eigenvalue weighted by Crippen LogP contribution is 2.27. The van der Waals surface area contributed by atoms with Crippen LogP contribution in [-0.2, 0) is 22.0 Å². The van der Waals surface area contributed by atoms with Gasteiger partial charge in [0, 0.05) is 18.2 Å². The lowest BCUT2D eigenvalue weighted by Gasteiger charge is -2.12.